The number of hydrogen-bond acceptors (Lipinski definition) is 6. The predicted octanol–water partition coefficient (Wildman–Crippen LogP) is 0.822. The van der Waals surface area contributed by atoms with Gasteiger partial charge in [0.05, 0.1) is 18.8 Å². The molecule has 0 spiro atoms. The number of aliphatic hydroxyl groups is 2. The third kappa shape index (κ3) is 3.91. The van der Waals surface area contributed by atoms with E-state index in [1.54, 1.807) is 18.3 Å². The Kier molecular flexibility index (Phi) is 6.01. The monoisotopic (exact) mass is 273 g/mol. The summed E-state index contributed by atoms with van der Waals surface area (Å²) in [5.74, 6) is 0. The summed E-state index contributed by atoms with van der Waals surface area (Å²) < 4.78 is 0. The van der Waals surface area contributed by atoms with Crippen molar-refractivity contribution in [2.75, 3.05) is 31.2 Å². The summed E-state index contributed by atoms with van der Waals surface area (Å²) in [6.45, 7) is 8.32. The van der Waals surface area contributed by atoms with E-state index < -0.39 is 5.54 Å². The van der Waals surface area contributed by atoms with E-state index in [0.717, 1.165) is 23.1 Å². The number of aliphatic hydroxyl groups excluding tert-OH is 2. The molecule has 1 aromatic rings. The Morgan fingerprint density at radius 1 is 1.33 bits per heavy atom. The Balaban J connectivity index is 2.59. The van der Waals surface area contributed by atoms with Gasteiger partial charge >= 0.3 is 0 Å². The van der Waals surface area contributed by atoms with Crippen molar-refractivity contribution < 1.29 is 10.2 Å². The molecule has 0 amide bonds. The van der Waals surface area contributed by atoms with Crippen molar-refractivity contribution in [1.82, 2.24) is 10.3 Å². The molecule has 0 aliphatic carbocycles. The van der Waals surface area contributed by atoms with Gasteiger partial charge in [0.15, 0.2) is 5.13 Å². The van der Waals surface area contributed by atoms with Crippen molar-refractivity contribution in [3.05, 3.63) is 11.1 Å². The van der Waals surface area contributed by atoms with Crippen LogP contribution in [0.4, 0.5) is 5.13 Å². The Labute approximate surface area is 112 Å². The zero-order chi connectivity index (χ0) is 13.6. The summed E-state index contributed by atoms with van der Waals surface area (Å²) in [7, 11) is 0. The molecule has 1 aromatic heterocycles. The number of nitrogens with zero attached hydrogens (tertiary/aromatic N) is 2. The van der Waals surface area contributed by atoms with Gasteiger partial charge in [-0.3, -0.25) is 0 Å². The van der Waals surface area contributed by atoms with E-state index in [9.17, 15) is 10.2 Å². The first-order valence-corrected chi connectivity index (χ1v) is 7.06. The Hall–Kier alpha value is -0.690. The van der Waals surface area contributed by atoms with Crippen molar-refractivity contribution in [2.45, 2.75) is 32.9 Å². The molecular formula is C12H23N3O2S. The number of thiazole rings is 1. The Bertz CT molecular complexity index is 349. The van der Waals surface area contributed by atoms with Crippen LogP contribution >= 0.6 is 11.3 Å². The lowest BCUT2D eigenvalue weighted by atomic mass is 10.1. The first-order valence-electron chi connectivity index (χ1n) is 6.25. The van der Waals surface area contributed by atoms with E-state index in [2.05, 4.69) is 29.0 Å². The molecule has 0 aliphatic rings. The van der Waals surface area contributed by atoms with E-state index in [0.29, 0.717) is 6.54 Å². The Morgan fingerprint density at radius 3 is 2.44 bits per heavy atom. The second-order valence-electron chi connectivity index (χ2n) is 4.51. The summed E-state index contributed by atoms with van der Waals surface area (Å²) in [5.41, 5.74) is -0.640. The van der Waals surface area contributed by atoms with Gasteiger partial charge in [-0.15, -0.1) is 11.3 Å². The molecule has 0 bridgehead atoms. The SMILES string of the molecule is CCN(CC)c1ncc(CNC(C)(CO)CO)s1. The number of hydrogen-bond donors (Lipinski definition) is 3. The minimum absolute atomic E-state index is 0.0921. The highest BCUT2D eigenvalue weighted by Gasteiger charge is 2.21. The molecule has 0 aliphatic heterocycles. The minimum atomic E-state index is -0.640. The van der Waals surface area contributed by atoms with Gasteiger partial charge in [0.25, 0.3) is 0 Å². The number of aromatic nitrogens is 1. The smallest absolute Gasteiger partial charge is 0.185 e. The molecule has 0 radical (unpaired) electrons. The van der Waals surface area contributed by atoms with Crippen molar-refractivity contribution in [2.24, 2.45) is 0 Å². The molecule has 0 saturated carbocycles. The molecule has 104 valence electrons. The molecule has 1 rings (SSSR count). The first kappa shape index (κ1) is 15.4. The van der Waals surface area contributed by atoms with Gasteiger partial charge in [0.1, 0.15) is 0 Å². The second-order valence-corrected chi connectivity index (χ2v) is 5.61. The topological polar surface area (TPSA) is 68.6 Å². The van der Waals surface area contributed by atoms with Crippen LogP contribution in [0.5, 0.6) is 0 Å². The summed E-state index contributed by atoms with van der Waals surface area (Å²) in [6.07, 6.45) is 1.85. The van der Waals surface area contributed by atoms with Crippen LogP contribution in [0.3, 0.4) is 0 Å². The normalized spacial score (nSPS) is 11.8. The van der Waals surface area contributed by atoms with Crippen LogP contribution in [-0.4, -0.2) is 47.0 Å². The van der Waals surface area contributed by atoms with Gasteiger partial charge in [-0.25, -0.2) is 4.98 Å². The third-order valence-electron chi connectivity index (χ3n) is 2.96. The van der Waals surface area contributed by atoms with E-state index in [-0.39, 0.29) is 13.2 Å². The van der Waals surface area contributed by atoms with Crippen molar-refractivity contribution in [1.29, 1.82) is 0 Å². The number of anilines is 1. The molecule has 1 heterocycles. The first-order chi connectivity index (χ1) is 8.58. The van der Waals surface area contributed by atoms with Gasteiger partial charge in [-0.2, -0.15) is 0 Å². The lowest BCUT2D eigenvalue weighted by molar-refractivity contribution is 0.103. The van der Waals surface area contributed by atoms with Crippen LogP contribution in [0.15, 0.2) is 6.20 Å². The molecule has 5 nitrogen and oxygen atoms in total. The van der Waals surface area contributed by atoms with Crippen LogP contribution < -0.4 is 10.2 Å². The van der Waals surface area contributed by atoms with Crippen LogP contribution in [0.25, 0.3) is 0 Å². The lowest BCUT2D eigenvalue weighted by Gasteiger charge is -2.25. The third-order valence-corrected chi connectivity index (χ3v) is 4.02. The molecule has 0 unspecified atom stereocenters. The number of rotatable bonds is 8. The highest BCUT2D eigenvalue weighted by atomic mass is 32.1. The largest absolute Gasteiger partial charge is 0.394 e. The van der Waals surface area contributed by atoms with E-state index in [4.69, 9.17) is 0 Å². The average Bonchev–Trinajstić information content (AvgIpc) is 2.86. The van der Waals surface area contributed by atoms with Crippen molar-refractivity contribution in [3.63, 3.8) is 0 Å². The van der Waals surface area contributed by atoms with Gasteiger partial charge in [0.2, 0.25) is 0 Å². The maximum Gasteiger partial charge on any atom is 0.185 e. The lowest BCUT2D eigenvalue weighted by Crippen LogP contribution is -2.48. The molecule has 0 aromatic carbocycles. The fraction of sp³-hybridized carbons (Fsp3) is 0.750. The minimum Gasteiger partial charge on any atom is -0.394 e. The highest BCUT2D eigenvalue weighted by Crippen LogP contribution is 2.22. The summed E-state index contributed by atoms with van der Waals surface area (Å²) in [6, 6.07) is 0. The maximum absolute atomic E-state index is 9.19. The summed E-state index contributed by atoms with van der Waals surface area (Å²) >= 11 is 1.64. The molecule has 18 heavy (non-hydrogen) atoms. The zero-order valence-corrected chi connectivity index (χ0v) is 12.1. The maximum atomic E-state index is 9.19. The molecule has 0 saturated heterocycles. The molecule has 3 N–H and O–H groups in total. The quantitative estimate of drug-likeness (QED) is 0.654. The number of nitrogens with one attached hydrogen (secondary N) is 1. The standard InChI is InChI=1S/C12H23N3O2S/c1-4-15(5-2)11-13-6-10(18-11)7-14-12(3,8-16)9-17/h6,14,16-17H,4-5,7-9H2,1-3H3. The van der Waals surface area contributed by atoms with Crippen LogP contribution in [0, 0.1) is 0 Å². The van der Waals surface area contributed by atoms with E-state index >= 15 is 0 Å². The summed E-state index contributed by atoms with van der Waals surface area (Å²) in [4.78, 5) is 7.69. The van der Waals surface area contributed by atoms with Crippen LogP contribution in [0.2, 0.25) is 0 Å². The van der Waals surface area contributed by atoms with Gasteiger partial charge in [0, 0.05) is 30.7 Å². The van der Waals surface area contributed by atoms with Crippen LogP contribution in [0.1, 0.15) is 25.6 Å². The fourth-order valence-electron chi connectivity index (χ4n) is 1.48. The zero-order valence-electron chi connectivity index (χ0n) is 11.3. The highest BCUT2D eigenvalue weighted by molar-refractivity contribution is 7.15. The summed E-state index contributed by atoms with van der Waals surface area (Å²) in [5, 5.41) is 22.6. The Morgan fingerprint density at radius 2 is 1.94 bits per heavy atom. The van der Waals surface area contributed by atoms with E-state index in [1.165, 1.54) is 0 Å². The van der Waals surface area contributed by atoms with Gasteiger partial charge < -0.3 is 20.4 Å². The molecule has 0 atom stereocenters. The van der Waals surface area contributed by atoms with Gasteiger partial charge in [-0.1, -0.05) is 0 Å². The van der Waals surface area contributed by atoms with Crippen molar-refractivity contribution >= 4 is 16.5 Å². The molecule has 0 fully saturated rings. The second kappa shape index (κ2) is 7.04. The van der Waals surface area contributed by atoms with E-state index in [1.807, 2.05) is 6.20 Å². The fourth-order valence-corrected chi connectivity index (χ4v) is 2.46. The van der Waals surface area contributed by atoms with Crippen molar-refractivity contribution in [3.8, 4) is 0 Å². The van der Waals surface area contributed by atoms with Crippen LogP contribution in [-0.2, 0) is 6.54 Å². The predicted molar refractivity (Wildman–Crippen MR) is 75.1 cm³/mol. The molecular weight excluding hydrogens is 250 g/mol. The molecule has 6 heteroatoms. The van der Waals surface area contributed by atoms with Gasteiger partial charge in [-0.05, 0) is 20.8 Å². The average molecular weight is 273 g/mol.